The van der Waals surface area contributed by atoms with Gasteiger partial charge >= 0.3 is 6.03 Å². The van der Waals surface area contributed by atoms with Crippen LogP contribution in [0.15, 0.2) is 76.3 Å². The van der Waals surface area contributed by atoms with Crippen LogP contribution in [0.5, 0.6) is 11.5 Å². The van der Waals surface area contributed by atoms with Crippen molar-refractivity contribution < 1.29 is 18.8 Å². The summed E-state index contributed by atoms with van der Waals surface area (Å²) in [5.74, 6) is 2.29. The van der Waals surface area contributed by atoms with Crippen LogP contribution >= 0.6 is 11.3 Å². The zero-order chi connectivity index (χ0) is 24.4. The van der Waals surface area contributed by atoms with Crippen LogP contribution < -0.4 is 14.8 Å². The average molecular weight is 489 g/mol. The first kappa shape index (κ1) is 22.7. The SMILES string of the molecule is COc1ccc(-c2noc(C3=C(C)N(Cc4cccs4)C(=O)NC3c3ccc(OC)cc3)n2)cc1. The summed E-state index contributed by atoms with van der Waals surface area (Å²) < 4.78 is 16.3. The van der Waals surface area contributed by atoms with E-state index in [0.29, 0.717) is 18.3 Å². The van der Waals surface area contributed by atoms with Gasteiger partial charge in [-0.05, 0) is 60.3 Å². The molecule has 0 spiro atoms. The van der Waals surface area contributed by atoms with Crippen molar-refractivity contribution in [2.24, 2.45) is 0 Å². The van der Waals surface area contributed by atoms with Gasteiger partial charge in [-0.3, -0.25) is 4.90 Å². The third kappa shape index (κ3) is 4.50. The van der Waals surface area contributed by atoms with Crippen LogP contribution in [0.1, 0.15) is 29.3 Å². The Bertz CT molecular complexity index is 1350. The van der Waals surface area contributed by atoms with E-state index in [1.54, 1.807) is 30.5 Å². The lowest BCUT2D eigenvalue weighted by Crippen LogP contribution is -2.45. The van der Waals surface area contributed by atoms with E-state index in [4.69, 9.17) is 19.0 Å². The number of nitrogens with zero attached hydrogens (tertiary/aromatic N) is 3. The number of ether oxygens (including phenoxy) is 2. The lowest BCUT2D eigenvalue weighted by atomic mass is 9.94. The van der Waals surface area contributed by atoms with Crippen LogP contribution in [-0.2, 0) is 6.54 Å². The summed E-state index contributed by atoms with van der Waals surface area (Å²) in [6.45, 7) is 2.36. The molecule has 0 aliphatic carbocycles. The van der Waals surface area contributed by atoms with E-state index in [2.05, 4.69) is 10.5 Å². The van der Waals surface area contributed by atoms with Crippen LogP contribution in [0.4, 0.5) is 4.79 Å². The van der Waals surface area contributed by atoms with Gasteiger partial charge in [-0.2, -0.15) is 4.98 Å². The molecule has 3 heterocycles. The number of nitrogens with one attached hydrogen (secondary N) is 1. The maximum atomic E-state index is 13.2. The van der Waals surface area contributed by atoms with Gasteiger partial charge in [0.05, 0.1) is 32.4 Å². The van der Waals surface area contributed by atoms with Gasteiger partial charge in [-0.1, -0.05) is 23.4 Å². The minimum Gasteiger partial charge on any atom is -0.497 e. The van der Waals surface area contributed by atoms with Gasteiger partial charge in [0.25, 0.3) is 5.89 Å². The first-order valence-electron chi connectivity index (χ1n) is 11.0. The Morgan fingerprint density at radius 2 is 1.71 bits per heavy atom. The Morgan fingerprint density at radius 3 is 2.34 bits per heavy atom. The van der Waals surface area contributed by atoms with Crippen LogP contribution in [0.3, 0.4) is 0 Å². The summed E-state index contributed by atoms with van der Waals surface area (Å²) in [5, 5.41) is 9.34. The largest absolute Gasteiger partial charge is 0.497 e. The van der Waals surface area contributed by atoms with E-state index >= 15 is 0 Å². The number of rotatable bonds is 7. The molecule has 0 fully saturated rings. The van der Waals surface area contributed by atoms with E-state index in [0.717, 1.165) is 38.8 Å². The number of urea groups is 1. The van der Waals surface area contributed by atoms with E-state index < -0.39 is 6.04 Å². The number of carbonyl (C=O) groups excluding carboxylic acids is 1. The smallest absolute Gasteiger partial charge is 0.322 e. The topological polar surface area (TPSA) is 89.7 Å². The van der Waals surface area contributed by atoms with Crippen molar-refractivity contribution in [1.82, 2.24) is 20.4 Å². The van der Waals surface area contributed by atoms with E-state index in [9.17, 15) is 4.79 Å². The number of aromatic nitrogens is 2. The first-order chi connectivity index (χ1) is 17.1. The van der Waals surface area contributed by atoms with Gasteiger partial charge in [0.2, 0.25) is 5.82 Å². The number of benzene rings is 2. The maximum Gasteiger partial charge on any atom is 0.322 e. The quantitative estimate of drug-likeness (QED) is 0.369. The molecule has 2 aromatic heterocycles. The molecular formula is C26H24N4O4S. The normalized spacial score (nSPS) is 15.8. The Labute approximate surface area is 206 Å². The molecule has 35 heavy (non-hydrogen) atoms. The van der Waals surface area contributed by atoms with Crippen molar-refractivity contribution in [1.29, 1.82) is 0 Å². The van der Waals surface area contributed by atoms with E-state index in [1.807, 2.05) is 73.0 Å². The van der Waals surface area contributed by atoms with E-state index in [-0.39, 0.29) is 6.03 Å². The Hall–Kier alpha value is -4.11. The van der Waals surface area contributed by atoms with E-state index in [1.165, 1.54) is 0 Å². The predicted octanol–water partition coefficient (Wildman–Crippen LogP) is 5.51. The van der Waals surface area contributed by atoms with Gasteiger partial charge in [-0.25, -0.2) is 4.79 Å². The molecule has 1 unspecified atom stereocenters. The molecular weight excluding hydrogens is 464 g/mol. The Kier molecular flexibility index (Phi) is 6.24. The number of carbonyl (C=O) groups is 1. The Morgan fingerprint density at radius 1 is 1.03 bits per heavy atom. The lowest BCUT2D eigenvalue weighted by Gasteiger charge is -2.35. The molecule has 0 saturated carbocycles. The Balaban J connectivity index is 1.57. The first-order valence-corrected chi connectivity index (χ1v) is 11.9. The van der Waals surface area contributed by atoms with Crippen molar-refractivity contribution in [2.45, 2.75) is 19.5 Å². The second-order valence-electron chi connectivity index (χ2n) is 7.97. The molecule has 1 N–H and O–H groups in total. The average Bonchev–Trinajstić information content (AvgIpc) is 3.59. The monoisotopic (exact) mass is 488 g/mol. The number of methoxy groups -OCH3 is 2. The molecule has 2 aromatic carbocycles. The predicted molar refractivity (Wildman–Crippen MR) is 133 cm³/mol. The van der Waals surface area contributed by atoms with Crippen molar-refractivity contribution in [3.05, 3.63) is 88.1 Å². The molecule has 9 heteroatoms. The highest BCUT2D eigenvalue weighted by atomic mass is 32.1. The summed E-state index contributed by atoms with van der Waals surface area (Å²) in [4.78, 5) is 20.7. The fourth-order valence-corrected chi connectivity index (χ4v) is 4.74. The zero-order valence-corrected chi connectivity index (χ0v) is 20.3. The molecule has 8 nitrogen and oxygen atoms in total. The summed E-state index contributed by atoms with van der Waals surface area (Å²) in [5.41, 5.74) is 3.19. The molecule has 5 rings (SSSR count). The van der Waals surface area contributed by atoms with Crippen LogP contribution in [0, 0.1) is 0 Å². The number of hydrogen-bond acceptors (Lipinski definition) is 7. The molecule has 1 atom stereocenters. The van der Waals surface area contributed by atoms with Gasteiger partial charge in [0, 0.05) is 16.1 Å². The molecule has 0 bridgehead atoms. The van der Waals surface area contributed by atoms with Gasteiger partial charge in [-0.15, -0.1) is 11.3 Å². The zero-order valence-electron chi connectivity index (χ0n) is 19.5. The van der Waals surface area contributed by atoms with Crippen molar-refractivity contribution >= 4 is 22.9 Å². The molecule has 1 aliphatic heterocycles. The van der Waals surface area contributed by atoms with Gasteiger partial charge < -0.3 is 19.3 Å². The summed E-state index contributed by atoms with van der Waals surface area (Å²) in [6, 6.07) is 18.4. The molecule has 0 radical (unpaired) electrons. The highest BCUT2D eigenvalue weighted by Crippen LogP contribution is 2.38. The second kappa shape index (κ2) is 9.63. The molecule has 1 aliphatic rings. The van der Waals surface area contributed by atoms with Crippen LogP contribution in [0.2, 0.25) is 0 Å². The van der Waals surface area contributed by atoms with Crippen molar-refractivity contribution in [3.63, 3.8) is 0 Å². The molecule has 0 saturated heterocycles. The minimum atomic E-state index is -0.461. The van der Waals surface area contributed by atoms with Crippen LogP contribution in [-0.4, -0.2) is 35.3 Å². The molecule has 2 amide bonds. The number of allylic oxidation sites excluding steroid dienone is 1. The highest BCUT2D eigenvalue weighted by molar-refractivity contribution is 7.09. The maximum absolute atomic E-state index is 13.2. The number of amides is 2. The third-order valence-corrected chi connectivity index (χ3v) is 6.81. The minimum absolute atomic E-state index is 0.185. The molecule has 4 aromatic rings. The number of thiophene rings is 1. The highest BCUT2D eigenvalue weighted by Gasteiger charge is 2.36. The summed E-state index contributed by atoms with van der Waals surface area (Å²) in [7, 11) is 3.24. The summed E-state index contributed by atoms with van der Waals surface area (Å²) in [6.07, 6.45) is 0. The second-order valence-corrected chi connectivity index (χ2v) is 9.00. The van der Waals surface area contributed by atoms with Gasteiger partial charge in [0.1, 0.15) is 11.5 Å². The van der Waals surface area contributed by atoms with Gasteiger partial charge in [0.15, 0.2) is 0 Å². The fraction of sp³-hybridized carbons (Fsp3) is 0.192. The fourth-order valence-electron chi connectivity index (χ4n) is 4.04. The van der Waals surface area contributed by atoms with Crippen molar-refractivity contribution in [2.75, 3.05) is 14.2 Å². The number of hydrogen-bond donors (Lipinski definition) is 1. The standard InChI is InChI=1S/C26H24N4O4S/c1-16-22(25-28-24(29-34-25)18-8-12-20(33-3)13-9-18)23(17-6-10-19(32-2)11-7-17)27-26(31)30(16)15-21-5-4-14-35-21/h4-14,23H,15H2,1-3H3,(H,27,31). The third-order valence-electron chi connectivity index (χ3n) is 5.94. The molecule has 178 valence electrons. The van der Waals surface area contributed by atoms with Crippen molar-refractivity contribution in [3.8, 4) is 22.9 Å². The lowest BCUT2D eigenvalue weighted by molar-refractivity contribution is 0.203. The summed E-state index contributed by atoms with van der Waals surface area (Å²) >= 11 is 1.60. The van der Waals surface area contributed by atoms with Crippen LogP contribution in [0.25, 0.3) is 17.0 Å².